The molecule has 1 aromatic carbocycles. The van der Waals surface area contributed by atoms with E-state index >= 15 is 0 Å². The van der Waals surface area contributed by atoms with E-state index in [0.29, 0.717) is 6.04 Å². The number of benzene rings is 1. The van der Waals surface area contributed by atoms with Crippen LogP contribution < -0.4 is 4.84 Å². The molecule has 0 aromatic heterocycles. The summed E-state index contributed by atoms with van der Waals surface area (Å²) in [5.74, 6) is 0.919. The Hall–Kier alpha value is -0.540. The number of hydroxylamine groups is 2. The Morgan fingerprint density at radius 1 is 1.38 bits per heavy atom. The first-order valence-corrected chi connectivity index (χ1v) is 6.79. The fourth-order valence-corrected chi connectivity index (χ4v) is 2.50. The molecule has 1 fully saturated rings. The smallest absolute Gasteiger partial charge is 0.161 e. The molecule has 2 rings (SSSR count). The van der Waals surface area contributed by atoms with Gasteiger partial charge in [-0.25, -0.2) is 0 Å². The van der Waals surface area contributed by atoms with Crippen molar-refractivity contribution in [1.29, 1.82) is 0 Å². The molecule has 1 aliphatic rings. The summed E-state index contributed by atoms with van der Waals surface area (Å²) in [7, 11) is 0. The lowest BCUT2D eigenvalue weighted by Gasteiger charge is -2.34. The highest BCUT2D eigenvalue weighted by Crippen LogP contribution is 2.27. The van der Waals surface area contributed by atoms with Gasteiger partial charge in [-0.2, -0.15) is 0 Å². The van der Waals surface area contributed by atoms with Crippen molar-refractivity contribution < 1.29 is 4.84 Å². The van der Waals surface area contributed by atoms with Gasteiger partial charge in [0.1, 0.15) is 0 Å². The molecule has 1 atom stereocenters. The molecule has 0 N–H and O–H groups in total. The van der Waals surface area contributed by atoms with E-state index in [0.717, 1.165) is 23.2 Å². The predicted molar refractivity (Wildman–Crippen MR) is 69.4 cm³/mol. The maximum absolute atomic E-state index is 5.98. The van der Waals surface area contributed by atoms with Crippen LogP contribution in [0.4, 0.5) is 0 Å². The highest BCUT2D eigenvalue weighted by atomic mass is 79.9. The minimum atomic E-state index is 0.570. The van der Waals surface area contributed by atoms with Gasteiger partial charge in [-0.15, -0.1) is 5.06 Å². The molecule has 0 amide bonds. The van der Waals surface area contributed by atoms with Gasteiger partial charge in [-0.1, -0.05) is 25.5 Å². The molecule has 1 aromatic rings. The Morgan fingerprint density at radius 2 is 2.19 bits per heavy atom. The second-order valence-corrected chi connectivity index (χ2v) is 5.07. The van der Waals surface area contributed by atoms with Gasteiger partial charge < -0.3 is 4.84 Å². The van der Waals surface area contributed by atoms with Crippen LogP contribution in [-0.4, -0.2) is 17.6 Å². The zero-order valence-electron chi connectivity index (χ0n) is 9.66. The normalized spacial score (nSPS) is 22.0. The molecular formula is C13H18BrNO. The third-order valence-corrected chi connectivity index (χ3v) is 3.75. The van der Waals surface area contributed by atoms with E-state index in [1.165, 1.54) is 19.3 Å². The Morgan fingerprint density at radius 3 is 2.94 bits per heavy atom. The number of hydrogen-bond donors (Lipinski definition) is 0. The van der Waals surface area contributed by atoms with Crippen molar-refractivity contribution >= 4 is 15.9 Å². The number of rotatable bonds is 3. The van der Waals surface area contributed by atoms with Crippen molar-refractivity contribution in [2.24, 2.45) is 0 Å². The maximum atomic E-state index is 5.98. The number of piperidine rings is 1. The lowest BCUT2D eigenvalue weighted by Crippen LogP contribution is -2.41. The number of nitrogens with zero attached hydrogens (tertiary/aromatic N) is 1. The molecule has 2 nitrogen and oxygen atoms in total. The van der Waals surface area contributed by atoms with E-state index in [1.54, 1.807) is 0 Å². The minimum Gasteiger partial charge on any atom is -0.405 e. The highest BCUT2D eigenvalue weighted by Gasteiger charge is 2.22. The first-order chi connectivity index (χ1) is 7.81. The molecule has 1 saturated heterocycles. The van der Waals surface area contributed by atoms with Gasteiger partial charge in [0.05, 0.1) is 4.47 Å². The lowest BCUT2D eigenvalue weighted by atomic mass is 10.0. The lowest BCUT2D eigenvalue weighted by molar-refractivity contribution is -0.113. The van der Waals surface area contributed by atoms with Crippen molar-refractivity contribution in [1.82, 2.24) is 5.06 Å². The van der Waals surface area contributed by atoms with E-state index in [4.69, 9.17) is 4.84 Å². The predicted octanol–water partition coefficient (Wildman–Crippen LogP) is 4.01. The molecule has 0 spiro atoms. The van der Waals surface area contributed by atoms with Gasteiger partial charge in [0.25, 0.3) is 0 Å². The zero-order chi connectivity index (χ0) is 11.4. The van der Waals surface area contributed by atoms with Crippen LogP contribution in [0.2, 0.25) is 0 Å². The second kappa shape index (κ2) is 5.69. The van der Waals surface area contributed by atoms with Crippen LogP contribution in [0, 0.1) is 0 Å². The van der Waals surface area contributed by atoms with Gasteiger partial charge in [0, 0.05) is 12.6 Å². The molecule has 16 heavy (non-hydrogen) atoms. The minimum absolute atomic E-state index is 0.570. The first-order valence-electron chi connectivity index (χ1n) is 6.00. The Kier molecular flexibility index (Phi) is 4.24. The van der Waals surface area contributed by atoms with Crippen LogP contribution in [0.15, 0.2) is 28.7 Å². The van der Waals surface area contributed by atoms with Gasteiger partial charge in [0.15, 0.2) is 5.75 Å². The Bertz CT molecular complexity index is 342. The first kappa shape index (κ1) is 11.9. The van der Waals surface area contributed by atoms with E-state index < -0.39 is 0 Å². The van der Waals surface area contributed by atoms with Gasteiger partial charge in [-0.3, -0.25) is 0 Å². The molecule has 0 radical (unpaired) electrons. The Labute approximate surface area is 106 Å². The third kappa shape index (κ3) is 2.77. The summed E-state index contributed by atoms with van der Waals surface area (Å²) in [6.07, 6.45) is 4.97. The highest BCUT2D eigenvalue weighted by molar-refractivity contribution is 9.10. The molecule has 0 saturated carbocycles. The fourth-order valence-electron chi connectivity index (χ4n) is 2.15. The summed E-state index contributed by atoms with van der Waals surface area (Å²) in [6, 6.07) is 8.60. The Balaban J connectivity index is 2.05. The molecule has 1 unspecified atom stereocenters. The zero-order valence-corrected chi connectivity index (χ0v) is 11.2. The fraction of sp³-hybridized carbons (Fsp3) is 0.538. The molecule has 1 aliphatic heterocycles. The summed E-state index contributed by atoms with van der Waals surface area (Å²) in [4.78, 5) is 5.98. The van der Waals surface area contributed by atoms with Gasteiger partial charge >= 0.3 is 0 Å². The summed E-state index contributed by atoms with van der Waals surface area (Å²) >= 11 is 3.51. The van der Waals surface area contributed by atoms with Crippen LogP contribution in [0.5, 0.6) is 5.75 Å². The number of halogens is 1. The van der Waals surface area contributed by atoms with Crippen molar-refractivity contribution in [2.75, 3.05) is 6.54 Å². The average Bonchev–Trinajstić information content (AvgIpc) is 2.33. The molecule has 0 aliphatic carbocycles. The van der Waals surface area contributed by atoms with E-state index in [1.807, 2.05) is 24.3 Å². The van der Waals surface area contributed by atoms with Crippen molar-refractivity contribution in [2.45, 2.75) is 38.6 Å². The topological polar surface area (TPSA) is 12.5 Å². The monoisotopic (exact) mass is 283 g/mol. The number of para-hydroxylation sites is 1. The maximum Gasteiger partial charge on any atom is 0.161 e. The molecule has 1 heterocycles. The SMILES string of the molecule is CCC1CCCCN1Oc1ccccc1Br. The number of hydrogen-bond acceptors (Lipinski definition) is 2. The quantitative estimate of drug-likeness (QED) is 0.831. The molecule has 3 heteroatoms. The standard InChI is InChI=1S/C13H18BrNO/c1-2-11-7-5-6-10-15(11)16-13-9-4-3-8-12(13)14/h3-4,8-9,11H,2,5-7,10H2,1H3. The summed E-state index contributed by atoms with van der Waals surface area (Å²) in [6.45, 7) is 3.27. The average molecular weight is 284 g/mol. The summed E-state index contributed by atoms with van der Waals surface area (Å²) in [5.41, 5.74) is 0. The van der Waals surface area contributed by atoms with E-state index in [-0.39, 0.29) is 0 Å². The van der Waals surface area contributed by atoms with Crippen LogP contribution in [0.3, 0.4) is 0 Å². The largest absolute Gasteiger partial charge is 0.405 e. The van der Waals surface area contributed by atoms with Crippen LogP contribution >= 0.6 is 15.9 Å². The van der Waals surface area contributed by atoms with Crippen molar-refractivity contribution in [3.63, 3.8) is 0 Å². The van der Waals surface area contributed by atoms with Crippen molar-refractivity contribution in [3.05, 3.63) is 28.7 Å². The summed E-state index contributed by atoms with van der Waals surface area (Å²) < 4.78 is 1.02. The van der Waals surface area contributed by atoms with Crippen LogP contribution in [0.1, 0.15) is 32.6 Å². The van der Waals surface area contributed by atoms with E-state index in [9.17, 15) is 0 Å². The van der Waals surface area contributed by atoms with Crippen LogP contribution in [0.25, 0.3) is 0 Å². The van der Waals surface area contributed by atoms with Crippen molar-refractivity contribution in [3.8, 4) is 5.75 Å². The summed E-state index contributed by atoms with van der Waals surface area (Å²) in [5, 5.41) is 2.14. The van der Waals surface area contributed by atoms with Gasteiger partial charge in [0.2, 0.25) is 0 Å². The van der Waals surface area contributed by atoms with Crippen LogP contribution in [-0.2, 0) is 0 Å². The second-order valence-electron chi connectivity index (χ2n) is 4.22. The van der Waals surface area contributed by atoms with Gasteiger partial charge in [-0.05, 0) is 47.3 Å². The molecule has 0 bridgehead atoms. The molecule has 88 valence electrons. The third-order valence-electron chi connectivity index (χ3n) is 3.10. The molecular weight excluding hydrogens is 266 g/mol. The van der Waals surface area contributed by atoms with E-state index in [2.05, 4.69) is 27.9 Å².